The molecule has 1 aliphatic rings. The predicted octanol–water partition coefficient (Wildman–Crippen LogP) is 1.26. The molecule has 6 nitrogen and oxygen atoms in total. The average Bonchev–Trinajstić information content (AvgIpc) is 2.69. The molecule has 0 aromatic carbocycles. The van der Waals surface area contributed by atoms with Crippen molar-refractivity contribution in [3.05, 3.63) is 10.4 Å². The largest absolute Gasteiger partial charge is 0.394 e. The quantitative estimate of drug-likeness (QED) is 0.423. The first-order valence-corrected chi connectivity index (χ1v) is 7.02. The molecule has 0 aliphatic carbocycles. The van der Waals surface area contributed by atoms with Crippen LogP contribution in [0.4, 0.5) is 0 Å². The van der Waals surface area contributed by atoms with Gasteiger partial charge in [0.1, 0.15) is 0 Å². The van der Waals surface area contributed by atoms with E-state index in [1.54, 1.807) is 16.7 Å². The summed E-state index contributed by atoms with van der Waals surface area (Å²) in [6.45, 7) is 0.956. The average molecular weight is 258 g/mol. The van der Waals surface area contributed by atoms with Gasteiger partial charge in [0.2, 0.25) is 5.91 Å². The van der Waals surface area contributed by atoms with Crippen molar-refractivity contribution in [3.63, 3.8) is 0 Å². The molecule has 1 fully saturated rings. The Morgan fingerprint density at radius 2 is 2.53 bits per heavy atom. The van der Waals surface area contributed by atoms with E-state index in [0.717, 1.165) is 12.2 Å². The van der Waals surface area contributed by atoms with Gasteiger partial charge in [-0.05, 0) is 29.9 Å². The lowest BCUT2D eigenvalue weighted by Crippen LogP contribution is -2.39. The normalized spacial score (nSPS) is 21.4. The summed E-state index contributed by atoms with van der Waals surface area (Å²) in [5.41, 5.74) is 8.25. The van der Waals surface area contributed by atoms with Crippen molar-refractivity contribution < 1.29 is 9.90 Å². The number of rotatable bonds is 7. The highest BCUT2D eigenvalue weighted by molar-refractivity contribution is 7.98. The van der Waals surface area contributed by atoms with Crippen LogP contribution in [0.1, 0.15) is 12.8 Å². The standard InChI is InChI=1S/C10H18N4O2S/c1-17-3-2-9(7-15)14-6-8(4-10(14)16)5-12-13-11/h8-9,15H,2-7H2,1H3. The summed E-state index contributed by atoms with van der Waals surface area (Å²) in [5.74, 6) is 1.08. The van der Waals surface area contributed by atoms with Crippen LogP contribution in [-0.4, -0.2) is 53.7 Å². The number of thioether (sulfide) groups is 1. The Kier molecular flexibility index (Phi) is 6.18. The van der Waals surface area contributed by atoms with Crippen LogP contribution in [0.25, 0.3) is 10.4 Å². The summed E-state index contributed by atoms with van der Waals surface area (Å²) >= 11 is 1.70. The van der Waals surface area contributed by atoms with Gasteiger partial charge in [-0.15, -0.1) is 0 Å². The minimum atomic E-state index is -0.0917. The Morgan fingerprint density at radius 3 is 3.12 bits per heavy atom. The molecular weight excluding hydrogens is 240 g/mol. The van der Waals surface area contributed by atoms with Crippen molar-refractivity contribution in [1.82, 2.24) is 4.90 Å². The molecule has 1 rings (SSSR count). The van der Waals surface area contributed by atoms with Crippen LogP contribution in [-0.2, 0) is 4.79 Å². The number of aliphatic hydroxyl groups excluding tert-OH is 1. The molecule has 0 saturated carbocycles. The van der Waals surface area contributed by atoms with Crippen LogP contribution in [0.2, 0.25) is 0 Å². The van der Waals surface area contributed by atoms with E-state index in [9.17, 15) is 9.90 Å². The first-order valence-electron chi connectivity index (χ1n) is 5.63. The number of nitrogens with zero attached hydrogens (tertiary/aromatic N) is 4. The highest BCUT2D eigenvalue weighted by atomic mass is 32.2. The number of hydrogen-bond donors (Lipinski definition) is 1. The number of carbonyl (C=O) groups excluding carboxylic acids is 1. The molecule has 1 saturated heterocycles. The molecular formula is C10H18N4O2S. The zero-order valence-electron chi connectivity index (χ0n) is 9.95. The van der Waals surface area contributed by atoms with Crippen molar-refractivity contribution in [2.24, 2.45) is 11.0 Å². The van der Waals surface area contributed by atoms with Crippen LogP contribution in [0.3, 0.4) is 0 Å². The van der Waals surface area contributed by atoms with E-state index in [2.05, 4.69) is 10.0 Å². The summed E-state index contributed by atoms with van der Waals surface area (Å²) in [7, 11) is 0. The number of carbonyl (C=O) groups is 1. The van der Waals surface area contributed by atoms with Crippen molar-refractivity contribution >= 4 is 17.7 Å². The van der Waals surface area contributed by atoms with Gasteiger partial charge >= 0.3 is 0 Å². The highest BCUT2D eigenvalue weighted by Gasteiger charge is 2.33. The minimum absolute atomic E-state index is 0.000534. The van der Waals surface area contributed by atoms with E-state index in [4.69, 9.17) is 5.53 Å². The molecule has 0 spiro atoms. The molecule has 0 aromatic rings. The molecule has 0 radical (unpaired) electrons. The molecule has 0 aromatic heterocycles. The summed E-state index contributed by atoms with van der Waals surface area (Å²) < 4.78 is 0. The lowest BCUT2D eigenvalue weighted by Gasteiger charge is -2.26. The fourth-order valence-electron chi connectivity index (χ4n) is 2.04. The van der Waals surface area contributed by atoms with Gasteiger partial charge in [0.05, 0.1) is 12.6 Å². The van der Waals surface area contributed by atoms with E-state index >= 15 is 0 Å². The molecule has 0 bridgehead atoms. The van der Waals surface area contributed by atoms with Crippen LogP contribution in [0.5, 0.6) is 0 Å². The van der Waals surface area contributed by atoms with Crippen molar-refractivity contribution in [1.29, 1.82) is 0 Å². The van der Waals surface area contributed by atoms with E-state index in [0.29, 0.717) is 19.5 Å². The lowest BCUT2D eigenvalue weighted by molar-refractivity contribution is -0.130. The zero-order chi connectivity index (χ0) is 12.7. The minimum Gasteiger partial charge on any atom is -0.394 e. The topological polar surface area (TPSA) is 89.3 Å². The maximum Gasteiger partial charge on any atom is 0.223 e. The van der Waals surface area contributed by atoms with E-state index in [1.807, 2.05) is 6.26 Å². The number of aliphatic hydroxyl groups is 1. The smallest absolute Gasteiger partial charge is 0.223 e. The van der Waals surface area contributed by atoms with E-state index in [-0.39, 0.29) is 24.5 Å². The summed E-state index contributed by atoms with van der Waals surface area (Å²) in [4.78, 5) is 16.2. The third kappa shape index (κ3) is 4.11. The third-order valence-corrected chi connectivity index (χ3v) is 3.59. The maximum absolute atomic E-state index is 11.8. The van der Waals surface area contributed by atoms with E-state index in [1.165, 1.54) is 0 Å². The third-order valence-electron chi connectivity index (χ3n) is 2.95. The second-order valence-electron chi connectivity index (χ2n) is 4.15. The molecule has 1 amide bonds. The SMILES string of the molecule is CSCCC(CO)N1CC(CN=[N+]=[N-])CC1=O. The lowest BCUT2D eigenvalue weighted by atomic mass is 10.1. The zero-order valence-corrected chi connectivity index (χ0v) is 10.8. The van der Waals surface area contributed by atoms with Crippen molar-refractivity contribution in [2.75, 3.05) is 31.7 Å². The van der Waals surface area contributed by atoms with E-state index < -0.39 is 0 Å². The van der Waals surface area contributed by atoms with Gasteiger partial charge in [0.15, 0.2) is 0 Å². The van der Waals surface area contributed by atoms with Crippen LogP contribution < -0.4 is 0 Å². The Morgan fingerprint density at radius 1 is 1.76 bits per heavy atom. The first kappa shape index (κ1) is 14.2. The maximum atomic E-state index is 11.8. The molecule has 1 heterocycles. The van der Waals surface area contributed by atoms with Crippen LogP contribution >= 0.6 is 11.8 Å². The molecule has 1 aliphatic heterocycles. The second kappa shape index (κ2) is 7.42. The summed E-state index contributed by atoms with van der Waals surface area (Å²) in [6, 6.07) is -0.0917. The molecule has 1 N–H and O–H groups in total. The molecule has 2 atom stereocenters. The first-order chi connectivity index (χ1) is 8.22. The predicted molar refractivity (Wildman–Crippen MR) is 67.7 cm³/mol. The van der Waals surface area contributed by atoms with Gasteiger partial charge in [-0.25, -0.2) is 0 Å². The molecule has 7 heteroatoms. The summed E-state index contributed by atoms with van der Waals surface area (Å²) in [6.07, 6.45) is 3.23. The Hall–Kier alpha value is -0.910. The van der Waals surface area contributed by atoms with Gasteiger partial charge in [-0.3, -0.25) is 4.79 Å². The van der Waals surface area contributed by atoms with Crippen LogP contribution in [0, 0.1) is 5.92 Å². The molecule has 17 heavy (non-hydrogen) atoms. The van der Waals surface area contributed by atoms with Gasteiger partial charge < -0.3 is 10.0 Å². The number of likely N-dealkylation sites (tertiary alicyclic amines) is 1. The van der Waals surface area contributed by atoms with Gasteiger partial charge in [-0.1, -0.05) is 5.11 Å². The fourth-order valence-corrected chi connectivity index (χ4v) is 2.54. The Balaban J connectivity index is 2.52. The second-order valence-corrected chi connectivity index (χ2v) is 5.13. The Bertz CT molecular complexity index is 307. The Labute approximate surface area is 105 Å². The van der Waals surface area contributed by atoms with Crippen molar-refractivity contribution in [3.8, 4) is 0 Å². The number of azide groups is 1. The van der Waals surface area contributed by atoms with Gasteiger partial charge in [-0.2, -0.15) is 11.8 Å². The molecule has 2 unspecified atom stereocenters. The number of amides is 1. The number of hydrogen-bond acceptors (Lipinski definition) is 4. The van der Waals surface area contributed by atoms with Crippen LogP contribution in [0.15, 0.2) is 5.11 Å². The van der Waals surface area contributed by atoms with Gasteiger partial charge in [0, 0.05) is 24.4 Å². The van der Waals surface area contributed by atoms with Crippen molar-refractivity contribution in [2.45, 2.75) is 18.9 Å². The molecule has 96 valence electrons. The fraction of sp³-hybridized carbons (Fsp3) is 0.900. The summed E-state index contributed by atoms with van der Waals surface area (Å²) in [5, 5.41) is 12.8. The highest BCUT2D eigenvalue weighted by Crippen LogP contribution is 2.22. The van der Waals surface area contributed by atoms with Gasteiger partial charge in [0.25, 0.3) is 0 Å². The monoisotopic (exact) mass is 258 g/mol.